The first-order valence-corrected chi connectivity index (χ1v) is 3.47. The Labute approximate surface area is 60.9 Å². The summed E-state index contributed by atoms with van der Waals surface area (Å²) in [5.41, 5.74) is 0.883. The molecule has 0 aromatic heterocycles. The molecular weight excluding hydrogens is 128 g/mol. The Bertz CT molecular complexity index is 170. The highest BCUT2D eigenvalue weighted by Gasteiger charge is 2.17. The average molecular weight is 140 g/mol. The predicted octanol–water partition coefficient (Wildman–Crippen LogP) is 1.31. The highest BCUT2D eigenvalue weighted by atomic mass is 16.5. The Morgan fingerprint density at radius 1 is 1.70 bits per heavy atom. The largest absolute Gasteiger partial charge is 0.381 e. The second-order valence-electron chi connectivity index (χ2n) is 2.61. The standard InChI is InChI=1S/C8H12O2/c1-6-3-4-7(10-2)5-8(6)9/h3,7H,4-5H2,1-2H3. The lowest BCUT2D eigenvalue weighted by Crippen LogP contribution is -2.20. The summed E-state index contributed by atoms with van der Waals surface area (Å²) in [6.45, 7) is 1.86. The van der Waals surface area contributed by atoms with Gasteiger partial charge in [-0.2, -0.15) is 0 Å². The number of carbonyl (C=O) groups excluding carboxylic acids is 1. The van der Waals surface area contributed by atoms with Gasteiger partial charge in [0.1, 0.15) is 0 Å². The lowest BCUT2D eigenvalue weighted by Gasteiger charge is -2.17. The molecule has 1 unspecified atom stereocenters. The van der Waals surface area contributed by atoms with Gasteiger partial charge in [0, 0.05) is 13.5 Å². The van der Waals surface area contributed by atoms with Crippen molar-refractivity contribution in [3.05, 3.63) is 11.6 Å². The van der Waals surface area contributed by atoms with Crippen LogP contribution in [0.3, 0.4) is 0 Å². The number of carbonyl (C=O) groups is 1. The third-order valence-electron chi connectivity index (χ3n) is 1.87. The average Bonchev–Trinajstić information content (AvgIpc) is 1.95. The molecule has 0 heterocycles. The van der Waals surface area contributed by atoms with E-state index >= 15 is 0 Å². The van der Waals surface area contributed by atoms with Crippen LogP contribution in [-0.2, 0) is 9.53 Å². The summed E-state index contributed by atoms with van der Waals surface area (Å²) >= 11 is 0. The van der Waals surface area contributed by atoms with Crippen LogP contribution in [-0.4, -0.2) is 19.0 Å². The maximum atomic E-state index is 11.0. The Morgan fingerprint density at radius 2 is 2.40 bits per heavy atom. The maximum absolute atomic E-state index is 11.0. The molecule has 0 aromatic carbocycles. The lowest BCUT2D eigenvalue weighted by molar-refractivity contribution is -0.118. The van der Waals surface area contributed by atoms with Gasteiger partial charge in [-0.05, 0) is 18.9 Å². The Balaban J connectivity index is 2.59. The fourth-order valence-electron chi connectivity index (χ4n) is 1.05. The lowest BCUT2D eigenvalue weighted by atomic mass is 9.97. The van der Waals surface area contributed by atoms with Crippen LogP contribution in [0.1, 0.15) is 19.8 Å². The molecule has 0 bridgehead atoms. The van der Waals surface area contributed by atoms with Crippen molar-refractivity contribution < 1.29 is 9.53 Å². The maximum Gasteiger partial charge on any atom is 0.160 e. The molecule has 1 rings (SSSR count). The van der Waals surface area contributed by atoms with Crippen LogP contribution in [0.25, 0.3) is 0 Å². The van der Waals surface area contributed by atoms with E-state index in [9.17, 15) is 4.79 Å². The molecule has 2 nitrogen and oxygen atoms in total. The highest BCUT2D eigenvalue weighted by molar-refractivity contribution is 5.95. The molecule has 0 spiro atoms. The minimum Gasteiger partial charge on any atom is -0.381 e. The zero-order chi connectivity index (χ0) is 7.56. The van der Waals surface area contributed by atoms with Gasteiger partial charge in [0.05, 0.1) is 6.10 Å². The van der Waals surface area contributed by atoms with E-state index in [1.165, 1.54) is 0 Å². The molecule has 1 atom stereocenters. The van der Waals surface area contributed by atoms with Crippen LogP contribution in [0.5, 0.6) is 0 Å². The van der Waals surface area contributed by atoms with Crippen LogP contribution in [0, 0.1) is 0 Å². The summed E-state index contributed by atoms with van der Waals surface area (Å²) in [7, 11) is 1.65. The van der Waals surface area contributed by atoms with E-state index in [4.69, 9.17) is 4.74 Å². The van der Waals surface area contributed by atoms with Crippen molar-refractivity contribution >= 4 is 5.78 Å². The first-order valence-electron chi connectivity index (χ1n) is 3.47. The minimum atomic E-state index is 0.121. The molecule has 1 aliphatic carbocycles. The molecule has 0 N–H and O–H groups in total. The van der Waals surface area contributed by atoms with E-state index in [1.54, 1.807) is 7.11 Å². The monoisotopic (exact) mass is 140 g/mol. The summed E-state index contributed by atoms with van der Waals surface area (Å²) in [5, 5.41) is 0. The zero-order valence-corrected chi connectivity index (χ0v) is 6.39. The fraction of sp³-hybridized carbons (Fsp3) is 0.625. The van der Waals surface area contributed by atoms with Gasteiger partial charge < -0.3 is 4.74 Å². The van der Waals surface area contributed by atoms with Gasteiger partial charge in [-0.1, -0.05) is 6.08 Å². The van der Waals surface area contributed by atoms with Crippen molar-refractivity contribution in [2.24, 2.45) is 0 Å². The van der Waals surface area contributed by atoms with Gasteiger partial charge >= 0.3 is 0 Å². The number of hydrogen-bond acceptors (Lipinski definition) is 2. The van der Waals surface area contributed by atoms with E-state index in [1.807, 2.05) is 13.0 Å². The Kier molecular flexibility index (Phi) is 2.22. The number of ether oxygens (including phenoxy) is 1. The van der Waals surface area contributed by atoms with Crippen molar-refractivity contribution in [3.8, 4) is 0 Å². The first-order chi connectivity index (χ1) is 4.74. The summed E-state index contributed by atoms with van der Waals surface area (Å²) in [4.78, 5) is 11.0. The molecule has 10 heavy (non-hydrogen) atoms. The predicted molar refractivity (Wildman–Crippen MR) is 38.8 cm³/mol. The third-order valence-corrected chi connectivity index (χ3v) is 1.87. The quantitative estimate of drug-likeness (QED) is 0.549. The molecule has 0 aliphatic heterocycles. The third kappa shape index (κ3) is 1.45. The zero-order valence-electron chi connectivity index (χ0n) is 6.39. The van der Waals surface area contributed by atoms with Gasteiger partial charge in [-0.25, -0.2) is 0 Å². The summed E-state index contributed by atoms with van der Waals surface area (Å²) in [6.07, 6.45) is 3.50. The number of rotatable bonds is 1. The van der Waals surface area contributed by atoms with Crippen LogP contribution in [0.15, 0.2) is 11.6 Å². The van der Waals surface area contributed by atoms with Gasteiger partial charge in [0.25, 0.3) is 0 Å². The van der Waals surface area contributed by atoms with Gasteiger partial charge in [0.2, 0.25) is 0 Å². The first kappa shape index (κ1) is 7.48. The topological polar surface area (TPSA) is 26.3 Å². The van der Waals surface area contributed by atoms with Gasteiger partial charge in [-0.3, -0.25) is 4.79 Å². The normalized spacial score (nSPS) is 26.4. The molecule has 0 radical (unpaired) electrons. The van der Waals surface area contributed by atoms with Crippen LogP contribution in [0.2, 0.25) is 0 Å². The summed E-state index contributed by atoms with van der Waals surface area (Å²) in [6, 6.07) is 0. The number of hydrogen-bond donors (Lipinski definition) is 0. The Hall–Kier alpha value is -0.630. The van der Waals surface area contributed by atoms with Crippen molar-refractivity contribution in [1.29, 1.82) is 0 Å². The molecule has 1 aliphatic rings. The molecule has 0 fully saturated rings. The number of ketones is 1. The minimum absolute atomic E-state index is 0.121. The van der Waals surface area contributed by atoms with Crippen molar-refractivity contribution in [2.75, 3.05) is 7.11 Å². The number of methoxy groups -OCH3 is 1. The Morgan fingerprint density at radius 3 is 2.90 bits per heavy atom. The van der Waals surface area contributed by atoms with Crippen LogP contribution < -0.4 is 0 Å². The molecular formula is C8H12O2. The fourth-order valence-corrected chi connectivity index (χ4v) is 1.05. The van der Waals surface area contributed by atoms with Gasteiger partial charge in [-0.15, -0.1) is 0 Å². The van der Waals surface area contributed by atoms with Crippen molar-refractivity contribution in [2.45, 2.75) is 25.9 Å². The number of Topliss-reactive ketones (excluding diaryl/α,β-unsaturated/α-hetero) is 1. The molecule has 2 heteroatoms. The van der Waals surface area contributed by atoms with Crippen molar-refractivity contribution in [3.63, 3.8) is 0 Å². The smallest absolute Gasteiger partial charge is 0.160 e. The SMILES string of the molecule is COC1CC=C(C)C(=O)C1. The highest BCUT2D eigenvalue weighted by Crippen LogP contribution is 2.15. The molecule has 0 amide bonds. The molecule has 56 valence electrons. The summed E-state index contributed by atoms with van der Waals surface area (Å²) in [5.74, 6) is 0.220. The molecule has 0 aromatic rings. The van der Waals surface area contributed by atoms with E-state index in [-0.39, 0.29) is 11.9 Å². The molecule has 0 saturated carbocycles. The second-order valence-corrected chi connectivity index (χ2v) is 2.61. The van der Waals surface area contributed by atoms with Gasteiger partial charge in [0.15, 0.2) is 5.78 Å². The van der Waals surface area contributed by atoms with Crippen LogP contribution in [0.4, 0.5) is 0 Å². The second kappa shape index (κ2) is 2.97. The van der Waals surface area contributed by atoms with E-state index < -0.39 is 0 Å². The molecule has 0 saturated heterocycles. The van der Waals surface area contributed by atoms with E-state index in [0.29, 0.717) is 6.42 Å². The number of allylic oxidation sites excluding steroid dienone is 1. The van der Waals surface area contributed by atoms with E-state index in [0.717, 1.165) is 12.0 Å². The van der Waals surface area contributed by atoms with Crippen LogP contribution >= 0.6 is 0 Å². The van der Waals surface area contributed by atoms with E-state index in [2.05, 4.69) is 0 Å². The van der Waals surface area contributed by atoms with Crippen molar-refractivity contribution in [1.82, 2.24) is 0 Å². The summed E-state index contributed by atoms with van der Waals surface area (Å²) < 4.78 is 5.04.